The van der Waals surface area contributed by atoms with Crippen LogP contribution in [-0.4, -0.2) is 126 Å². The average molecular weight is 865 g/mol. The maximum Gasteiger partial charge on any atom is 0.199 e. The minimum Gasteiger partial charge on any atom is -0.406 e. The van der Waals surface area contributed by atoms with Gasteiger partial charge in [0.25, 0.3) is 0 Å². The van der Waals surface area contributed by atoms with Gasteiger partial charge in [-0.15, -0.1) is 0 Å². The summed E-state index contributed by atoms with van der Waals surface area (Å²) in [5.41, 5.74) is 0. The van der Waals surface area contributed by atoms with Gasteiger partial charge >= 0.3 is 0 Å². The van der Waals surface area contributed by atoms with Crippen LogP contribution < -0.4 is 0 Å². The molecule has 8 fully saturated rings. The van der Waals surface area contributed by atoms with E-state index in [0.717, 1.165) is 0 Å². The summed E-state index contributed by atoms with van der Waals surface area (Å²) in [7, 11) is -8.57. The molecule has 328 valence electrons. The van der Waals surface area contributed by atoms with Crippen molar-refractivity contribution < 1.29 is 57.1 Å². The minimum atomic E-state index is -2.14. The van der Waals surface area contributed by atoms with Crippen LogP contribution in [-0.2, 0) is 36.7 Å². The average Bonchev–Trinajstić information content (AvgIpc) is 2.93. The Kier molecular flexibility index (Phi) is 11.8. The topological polar surface area (TPSA) is 155 Å². The first-order valence-corrected chi connectivity index (χ1v) is 32.6. The molecule has 8 saturated heterocycles. The molecule has 12 atom stereocenters. The van der Waals surface area contributed by atoms with Gasteiger partial charge in [-0.05, 0) is 72.5 Å². The summed E-state index contributed by atoms with van der Waals surface area (Å²) >= 11 is 0. The number of hydrogen-bond donors (Lipinski definition) is 4. The molecule has 4 N–H and O–H groups in total. The van der Waals surface area contributed by atoms with Crippen molar-refractivity contribution in [2.45, 2.75) is 253 Å². The second kappa shape index (κ2) is 13.9. The first kappa shape index (κ1) is 47.4. The van der Waals surface area contributed by atoms with Crippen LogP contribution in [0.5, 0.6) is 0 Å². The van der Waals surface area contributed by atoms with Crippen LogP contribution in [0.4, 0.5) is 0 Å². The fraction of sp³-hybridized carbons (Fsp3) is 1.00. The van der Waals surface area contributed by atoms with Gasteiger partial charge in [-0.3, -0.25) is 0 Å². The molecule has 8 bridgehead atoms. The van der Waals surface area contributed by atoms with Crippen molar-refractivity contribution in [2.24, 2.45) is 0 Å². The van der Waals surface area contributed by atoms with E-state index in [1.807, 2.05) is 0 Å². The summed E-state index contributed by atoms with van der Waals surface area (Å²) in [4.78, 5) is 0. The molecule has 0 aromatic heterocycles. The predicted molar refractivity (Wildman–Crippen MR) is 226 cm³/mol. The van der Waals surface area contributed by atoms with Crippen LogP contribution in [0.3, 0.4) is 0 Å². The van der Waals surface area contributed by atoms with E-state index >= 15 is 0 Å². The maximum absolute atomic E-state index is 11.3. The highest BCUT2D eigenvalue weighted by atomic mass is 28.4. The summed E-state index contributed by atoms with van der Waals surface area (Å²) in [6, 6.07) is 0. The minimum absolute atomic E-state index is 0.00288. The highest BCUT2D eigenvalue weighted by Gasteiger charge is 2.73. The molecule has 8 heterocycles. The monoisotopic (exact) mass is 864 g/mol. The molecular weight excluding hydrogens is 785 g/mol. The first-order chi connectivity index (χ1) is 24.6. The van der Waals surface area contributed by atoms with Crippen LogP contribution >= 0.6 is 0 Å². The zero-order valence-electron chi connectivity index (χ0n) is 38.5. The van der Waals surface area contributed by atoms with Gasteiger partial charge in [-0.1, -0.05) is 83.1 Å². The lowest BCUT2D eigenvalue weighted by atomic mass is 9.76. The van der Waals surface area contributed by atoms with E-state index in [9.17, 15) is 20.4 Å². The van der Waals surface area contributed by atoms with Crippen molar-refractivity contribution in [2.75, 3.05) is 0 Å². The lowest BCUT2D eigenvalue weighted by molar-refractivity contribution is -0.486. The molecule has 56 heavy (non-hydrogen) atoms. The van der Waals surface area contributed by atoms with Crippen LogP contribution in [0.25, 0.3) is 0 Å². The van der Waals surface area contributed by atoms with E-state index in [4.69, 9.17) is 36.7 Å². The van der Waals surface area contributed by atoms with Crippen LogP contribution in [0.2, 0.25) is 72.5 Å². The fourth-order valence-electron chi connectivity index (χ4n) is 7.79. The molecule has 0 spiro atoms. The number of hydrogen-bond acceptors (Lipinski definition) is 12. The summed E-state index contributed by atoms with van der Waals surface area (Å²) in [5.74, 6) is -6.15. The largest absolute Gasteiger partial charge is 0.406 e. The Morgan fingerprint density at radius 3 is 0.661 bits per heavy atom. The molecule has 0 unspecified atom stereocenters. The lowest BCUT2D eigenvalue weighted by Crippen LogP contribution is -2.80. The van der Waals surface area contributed by atoms with Crippen LogP contribution in [0.15, 0.2) is 0 Å². The number of aliphatic hydroxyl groups is 4. The molecule has 0 amide bonds. The van der Waals surface area contributed by atoms with Crippen molar-refractivity contribution in [3.8, 4) is 0 Å². The molecule has 0 radical (unpaired) electrons. The van der Waals surface area contributed by atoms with E-state index < -0.39 is 105 Å². The van der Waals surface area contributed by atoms with E-state index in [2.05, 4.69) is 135 Å². The van der Waals surface area contributed by atoms with Crippen molar-refractivity contribution in [3.05, 3.63) is 0 Å². The van der Waals surface area contributed by atoms with Gasteiger partial charge in [0.05, 0.1) is 24.4 Å². The SMILES string of the molecule is CC(C)(C)[Si](C)(C)O[C@@H]1[C@@H]2C[C@]3(O)O[C@@]1(O)C[C@H](O2)[C@H]3O[Si](C)(C)C(C)(C)C.CC(C)(C)[Si](C)(C)O[C@@H]1[C@@H]2C[C@]3(O)O[C@@]1(O)C[C@H](O2)[C@H]3O[Si](C)(C)C(C)(C)C. The Balaban J connectivity index is 0.000000214. The van der Waals surface area contributed by atoms with Gasteiger partial charge in [0, 0.05) is 25.7 Å². The summed E-state index contributed by atoms with van der Waals surface area (Å²) in [6.45, 7) is 43.2. The number of ether oxygens (including phenoxy) is 4. The Morgan fingerprint density at radius 2 is 0.536 bits per heavy atom. The van der Waals surface area contributed by atoms with Gasteiger partial charge in [0.15, 0.2) is 56.4 Å². The molecule has 8 aliphatic rings. The molecular formula is C40H80O12Si4. The Labute approximate surface area is 342 Å². The van der Waals surface area contributed by atoms with E-state index in [-0.39, 0.29) is 45.8 Å². The zero-order valence-corrected chi connectivity index (χ0v) is 42.5. The van der Waals surface area contributed by atoms with Gasteiger partial charge in [-0.2, -0.15) is 0 Å². The Bertz CT molecular complexity index is 1250. The van der Waals surface area contributed by atoms with Crippen molar-refractivity contribution in [1.29, 1.82) is 0 Å². The molecule has 16 heteroatoms. The maximum atomic E-state index is 11.3. The second-order valence-corrected chi connectivity index (χ2v) is 43.0. The summed E-state index contributed by atoms with van der Waals surface area (Å²) in [5, 5.41) is 45.3. The third-order valence-electron chi connectivity index (χ3n) is 15.4. The molecule has 8 aliphatic heterocycles. The third kappa shape index (κ3) is 8.33. The van der Waals surface area contributed by atoms with Gasteiger partial charge in [0.1, 0.15) is 24.4 Å². The zero-order chi connectivity index (χ0) is 43.1. The van der Waals surface area contributed by atoms with Crippen molar-refractivity contribution in [1.82, 2.24) is 0 Å². The van der Waals surface area contributed by atoms with E-state index in [1.165, 1.54) is 0 Å². The highest BCUT2D eigenvalue weighted by molar-refractivity contribution is 6.75. The van der Waals surface area contributed by atoms with Gasteiger partial charge in [0.2, 0.25) is 0 Å². The Hall–Kier alpha value is 0.388. The van der Waals surface area contributed by atoms with Gasteiger partial charge < -0.3 is 57.1 Å². The summed E-state index contributed by atoms with van der Waals surface area (Å²) < 4.78 is 50.6. The van der Waals surface area contributed by atoms with E-state index in [1.54, 1.807) is 0 Å². The third-order valence-corrected chi connectivity index (χ3v) is 33.2. The van der Waals surface area contributed by atoms with Crippen molar-refractivity contribution >= 4 is 33.3 Å². The molecule has 0 saturated carbocycles. The molecule has 0 aliphatic carbocycles. The normalized spacial score (nSPS) is 41.6. The van der Waals surface area contributed by atoms with Crippen LogP contribution in [0.1, 0.15) is 109 Å². The summed E-state index contributed by atoms with van der Waals surface area (Å²) in [6.07, 6.45) is -2.89. The standard InChI is InChI=1S/2C20H40O6Si2/c2*1-17(2,3)27(7,8)24-15-13-11-20(22)16(25-28(9,10)18(4,5)6)14(23-13)12-19(15,21)26-20/h2*13-16,21-22H,11-12H2,1-10H3/t2*13-,14-,15+,16+,19-,20-/m00/s1. The van der Waals surface area contributed by atoms with Crippen molar-refractivity contribution in [3.63, 3.8) is 0 Å². The predicted octanol–water partition coefficient (Wildman–Crippen LogP) is 7.47. The quantitative estimate of drug-likeness (QED) is 0.179. The smallest absolute Gasteiger partial charge is 0.199 e. The molecule has 0 aromatic carbocycles. The molecule has 12 nitrogen and oxygen atoms in total. The molecule has 8 rings (SSSR count). The fourth-order valence-corrected chi connectivity index (χ4v) is 13.1. The number of rotatable bonds is 8. The second-order valence-electron chi connectivity index (χ2n) is 24.0. The lowest BCUT2D eigenvalue weighted by Gasteiger charge is -2.65. The van der Waals surface area contributed by atoms with Crippen LogP contribution in [0, 0.1) is 0 Å². The van der Waals surface area contributed by atoms with Gasteiger partial charge in [-0.25, -0.2) is 0 Å². The highest BCUT2D eigenvalue weighted by Crippen LogP contribution is 2.57. The Morgan fingerprint density at radius 1 is 0.375 bits per heavy atom. The first-order valence-electron chi connectivity index (χ1n) is 20.9. The molecule has 0 aromatic rings. The van der Waals surface area contributed by atoms with E-state index in [0.29, 0.717) is 0 Å².